The number of methoxy groups -OCH3 is 2. The van der Waals surface area contributed by atoms with E-state index in [9.17, 15) is 4.79 Å². The van der Waals surface area contributed by atoms with Crippen molar-refractivity contribution in [2.75, 3.05) is 39.4 Å². The molecule has 26 heavy (non-hydrogen) atoms. The van der Waals surface area contributed by atoms with Crippen LogP contribution in [-0.2, 0) is 4.74 Å². The molecule has 0 spiro atoms. The molecule has 1 heterocycles. The quantitative estimate of drug-likeness (QED) is 0.520. The first-order chi connectivity index (χ1) is 12.7. The van der Waals surface area contributed by atoms with E-state index in [4.69, 9.17) is 18.9 Å². The molecular weight excluding hydrogens is 336 g/mol. The highest BCUT2D eigenvalue weighted by atomic mass is 16.5. The Bertz CT molecular complexity index is 731. The van der Waals surface area contributed by atoms with Crippen LogP contribution in [0, 0.1) is 0 Å². The zero-order chi connectivity index (χ0) is 18.8. The summed E-state index contributed by atoms with van der Waals surface area (Å²) < 4.78 is 21.0. The van der Waals surface area contributed by atoms with E-state index in [1.54, 1.807) is 43.5 Å². The molecule has 1 aromatic heterocycles. The van der Waals surface area contributed by atoms with Crippen LogP contribution >= 0.6 is 0 Å². The van der Waals surface area contributed by atoms with Gasteiger partial charge in [0, 0.05) is 18.7 Å². The number of benzene rings is 1. The highest BCUT2D eigenvalue weighted by molar-refractivity contribution is 6.04. The summed E-state index contributed by atoms with van der Waals surface area (Å²) in [5.74, 6) is 1.20. The highest BCUT2D eigenvalue weighted by Gasteiger charge is 2.11. The lowest BCUT2D eigenvalue weighted by Crippen LogP contribution is -2.12. The number of carbonyl (C=O) groups excluding carboxylic acids is 1. The molecule has 0 aliphatic carbocycles. The van der Waals surface area contributed by atoms with Crippen molar-refractivity contribution < 1.29 is 23.7 Å². The van der Waals surface area contributed by atoms with Crippen LogP contribution in [0.15, 0.2) is 49.2 Å². The van der Waals surface area contributed by atoms with Crippen molar-refractivity contribution in [1.82, 2.24) is 4.98 Å². The monoisotopic (exact) mass is 358 g/mol. The van der Waals surface area contributed by atoms with Crippen molar-refractivity contribution in [3.8, 4) is 17.4 Å². The minimum Gasteiger partial charge on any atom is -0.493 e. The maximum absolute atomic E-state index is 12.4. The van der Waals surface area contributed by atoms with Crippen LogP contribution in [0.1, 0.15) is 10.4 Å². The molecule has 1 aromatic carbocycles. The fourth-order valence-corrected chi connectivity index (χ4v) is 2.05. The van der Waals surface area contributed by atoms with E-state index in [0.717, 1.165) is 0 Å². The Kier molecular flexibility index (Phi) is 7.45. The lowest BCUT2D eigenvalue weighted by Gasteiger charge is -2.11. The molecule has 0 radical (unpaired) electrons. The SMILES string of the molecule is C=CCOc1ccc(C(=O)Nc2ccc(OCCOC)nc2)cc1OC. The molecule has 0 fully saturated rings. The summed E-state index contributed by atoms with van der Waals surface area (Å²) in [4.78, 5) is 16.5. The fourth-order valence-electron chi connectivity index (χ4n) is 2.05. The minimum absolute atomic E-state index is 0.284. The summed E-state index contributed by atoms with van der Waals surface area (Å²) >= 11 is 0. The van der Waals surface area contributed by atoms with Gasteiger partial charge in [0.05, 0.1) is 25.6 Å². The van der Waals surface area contributed by atoms with E-state index in [-0.39, 0.29) is 5.91 Å². The van der Waals surface area contributed by atoms with E-state index in [1.165, 1.54) is 13.3 Å². The van der Waals surface area contributed by atoms with Crippen molar-refractivity contribution in [3.05, 3.63) is 54.7 Å². The van der Waals surface area contributed by atoms with Gasteiger partial charge in [0.25, 0.3) is 5.91 Å². The number of aromatic nitrogens is 1. The van der Waals surface area contributed by atoms with Crippen molar-refractivity contribution in [2.24, 2.45) is 0 Å². The van der Waals surface area contributed by atoms with Gasteiger partial charge in [-0.05, 0) is 24.3 Å². The molecule has 7 nitrogen and oxygen atoms in total. The standard InChI is InChI=1S/C19H22N2O5/c1-4-9-25-16-7-5-14(12-17(16)24-3)19(22)21-15-6-8-18(20-13-15)26-11-10-23-2/h4-8,12-13H,1,9-11H2,2-3H3,(H,21,22). The largest absolute Gasteiger partial charge is 0.493 e. The molecule has 138 valence electrons. The third-order valence-corrected chi connectivity index (χ3v) is 3.31. The molecule has 0 saturated heterocycles. The van der Waals surface area contributed by atoms with Crippen LogP contribution in [0.2, 0.25) is 0 Å². The lowest BCUT2D eigenvalue weighted by molar-refractivity contribution is 0.102. The van der Waals surface area contributed by atoms with Gasteiger partial charge >= 0.3 is 0 Å². The van der Waals surface area contributed by atoms with Crippen LogP contribution in [0.4, 0.5) is 5.69 Å². The molecule has 7 heteroatoms. The van der Waals surface area contributed by atoms with Gasteiger partial charge in [-0.1, -0.05) is 12.7 Å². The number of carbonyl (C=O) groups is 1. The molecule has 0 atom stereocenters. The maximum atomic E-state index is 12.4. The molecule has 1 amide bonds. The second-order valence-electron chi connectivity index (χ2n) is 5.15. The van der Waals surface area contributed by atoms with Crippen molar-refractivity contribution in [3.63, 3.8) is 0 Å². The molecule has 1 N–H and O–H groups in total. The zero-order valence-electron chi connectivity index (χ0n) is 14.9. The normalized spacial score (nSPS) is 10.1. The number of hydrogen-bond acceptors (Lipinski definition) is 6. The molecule has 0 unspecified atom stereocenters. The van der Waals surface area contributed by atoms with E-state index in [0.29, 0.717) is 48.5 Å². The molecule has 0 saturated carbocycles. The van der Waals surface area contributed by atoms with Crippen molar-refractivity contribution in [2.45, 2.75) is 0 Å². The van der Waals surface area contributed by atoms with Gasteiger partial charge in [-0.2, -0.15) is 0 Å². The van der Waals surface area contributed by atoms with Crippen molar-refractivity contribution >= 4 is 11.6 Å². The molecule has 0 bridgehead atoms. The number of nitrogens with zero attached hydrogens (tertiary/aromatic N) is 1. The minimum atomic E-state index is -0.284. The maximum Gasteiger partial charge on any atom is 0.255 e. The van der Waals surface area contributed by atoms with E-state index < -0.39 is 0 Å². The third-order valence-electron chi connectivity index (χ3n) is 3.31. The Balaban J connectivity index is 2.01. The lowest BCUT2D eigenvalue weighted by atomic mass is 10.2. The molecular formula is C19H22N2O5. The summed E-state index contributed by atoms with van der Waals surface area (Å²) in [6.45, 7) is 4.85. The topological polar surface area (TPSA) is 78.9 Å². The van der Waals surface area contributed by atoms with Gasteiger partial charge < -0.3 is 24.3 Å². The zero-order valence-corrected chi connectivity index (χ0v) is 14.9. The predicted molar refractivity (Wildman–Crippen MR) is 98.2 cm³/mol. The average molecular weight is 358 g/mol. The number of anilines is 1. The Morgan fingerprint density at radius 2 is 2.00 bits per heavy atom. The predicted octanol–water partition coefficient (Wildman–Crippen LogP) is 2.93. The summed E-state index contributed by atoms with van der Waals surface area (Å²) in [6.07, 6.45) is 3.16. The Morgan fingerprint density at radius 1 is 1.15 bits per heavy atom. The first-order valence-electron chi connectivity index (χ1n) is 7.98. The van der Waals surface area contributed by atoms with Crippen LogP contribution in [-0.4, -0.2) is 44.9 Å². The Labute approximate surface area is 152 Å². The summed E-state index contributed by atoms with van der Waals surface area (Å²) in [5, 5.41) is 2.77. The Morgan fingerprint density at radius 3 is 2.65 bits per heavy atom. The molecule has 2 aromatic rings. The number of amides is 1. The van der Waals surface area contributed by atoms with Crippen LogP contribution in [0.5, 0.6) is 17.4 Å². The smallest absolute Gasteiger partial charge is 0.255 e. The molecule has 0 aliphatic rings. The van der Waals surface area contributed by atoms with E-state index in [1.807, 2.05) is 0 Å². The number of pyridine rings is 1. The van der Waals surface area contributed by atoms with Gasteiger partial charge in [-0.3, -0.25) is 4.79 Å². The average Bonchev–Trinajstić information content (AvgIpc) is 2.67. The second kappa shape index (κ2) is 10.0. The number of hydrogen-bond donors (Lipinski definition) is 1. The first-order valence-corrected chi connectivity index (χ1v) is 7.98. The Hall–Kier alpha value is -3.06. The van der Waals surface area contributed by atoms with Crippen LogP contribution in [0.3, 0.4) is 0 Å². The molecule has 2 rings (SSSR count). The van der Waals surface area contributed by atoms with Crippen LogP contribution in [0.25, 0.3) is 0 Å². The van der Waals surface area contributed by atoms with Gasteiger partial charge in [0.2, 0.25) is 5.88 Å². The number of ether oxygens (including phenoxy) is 4. The van der Waals surface area contributed by atoms with Crippen molar-refractivity contribution in [1.29, 1.82) is 0 Å². The second-order valence-corrected chi connectivity index (χ2v) is 5.15. The van der Waals surface area contributed by atoms with Gasteiger partial charge in [0.1, 0.15) is 13.2 Å². The van der Waals surface area contributed by atoms with Gasteiger partial charge in [0.15, 0.2) is 11.5 Å². The summed E-state index contributed by atoms with van der Waals surface area (Å²) in [6, 6.07) is 8.35. The highest BCUT2D eigenvalue weighted by Crippen LogP contribution is 2.28. The number of rotatable bonds is 10. The first kappa shape index (κ1) is 19.3. The summed E-state index contributed by atoms with van der Waals surface area (Å²) in [5.41, 5.74) is 0.994. The number of nitrogens with one attached hydrogen (secondary N) is 1. The summed E-state index contributed by atoms with van der Waals surface area (Å²) in [7, 11) is 3.12. The van der Waals surface area contributed by atoms with Gasteiger partial charge in [-0.25, -0.2) is 4.98 Å². The van der Waals surface area contributed by atoms with E-state index in [2.05, 4.69) is 16.9 Å². The third kappa shape index (κ3) is 5.49. The van der Waals surface area contributed by atoms with Crippen LogP contribution < -0.4 is 19.5 Å². The van der Waals surface area contributed by atoms with Gasteiger partial charge in [-0.15, -0.1) is 0 Å². The molecule has 0 aliphatic heterocycles. The van der Waals surface area contributed by atoms with E-state index >= 15 is 0 Å². The fraction of sp³-hybridized carbons (Fsp3) is 0.263.